The summed E-state index contributed by atoms with van der Waals surface area (Å²) in [6.45, 7) is 2.02. The first kappa shape index (κ1) is 10.3. The van der Waals surface area contributed by atoms with E-state index in [9.17, 15) is 0 Å². The second kappa shape index (κ2) is 4.47. The zero-order chi connectivity index (χ0) is 9.84. The summed E-state index contributed by atoms with van der Waals surface area (Å²) >= 11 is 3.51. The molecule has 1 nitrogen and oxygen atoms in total. The highest BCUT2D eigenvalue weighted by Gasteiger charge is 1.99. The summed E-state index contributed by atoms with van der Waals surface area (Å²) in [7, 11) is 4.09. The zero-order valence-electron chi connectivity index (χ0n) is 8.21. The molecule has 0 aromatic heterocycles. The number of hydrogen-bond donors (Lipinski definition) is 0. The van der Waals surface area contributed by atoms with E-state index < -0.39 is 0 Å². The summed E-state index contributed by atoms with van der Waals surface area (Å²) in [6, 6.07) is 6.33. The van der Waals surface area contributed by atoms with Gasteiger partial charge in [0.2, 0.25) is 0 Å². The maximum atomic E-state index is 3.51. The van der Waals surface area contributed by atoms with Crippen LogP contribution < -0.4 is 4.90 Å². The van der Waals surface area contributed by atoms with E-state index in [-0.39, 0.29) is 0 Å². The van der Waals surface area contributed by atoms with Gasteiger partial charge in [-0.2, -0.15) is 0 Å². The molecule has 1 rings (SSSR count). The molecule has 0 fully saturated rings. The minimum Gasteiger partial charge on any atom is -0.378 e. The van der Waals surface area contributed by atoms with Crippen LogP contribution in [0.5, 0.6) is 0 Å². The molecule has 0 atom stereocenters. The van der Waals surface area contributed by atoms with Gasteiger partial charge >= 0.3 is 0 Å². The SMILES string of the molecule is CC=Cc1cc(N(C)C)ccc1Br. The molecule has 0 aliphatic rings. The van der Waals surface area contributed by atoms with Crippen LogP contribution in [-0.4, -0.2) is 14.1 Å². The van der Waals surface area contributed by atoms with Crippen LogP contribution >= 0.6 is 15.9 Å². The highest BCUT2D eigenvalue weighted by molar-refractivity contribution is 9.10. The fraction of sp³-hybridized carbons (Fsp3) is 0.273. The monoisotopic (exact) mass is 239 g/mol. The fourth-order valence-corrected chi connectivity index (χ4v) is 1.50. The maximum absolute atomic E-state index is 3.51. The largest absolute Gasteiger partial charge is 0.378 e. The van der Waals surface area contributed by atoms with Crippen LogP contribution in [0, 0.1) is 0 Å². The molecule has 0 heterocycles. The van der Waals surface area contributed by atoms with Crippen molar-refractivity contribution in [2.75, 3.05) is 19.0 Å². The van der Waals surface area contributed by atoms with Gasteiger partial charge in [-0.05, 0) is 30.7 Å². The Morgan fingerprint density at radius 3 is 2.54 bits per heavy atom. The molecule has 0 unspecified atom stereocenters. The van der Waals surface area contributed by atoms with Crippen molar-refractivity contribution >= 4 is 27.7 Å². The number of allylic oxidation sites excluding steroid dienone is 1. The average Bonchev–Trinajstić information content (AvgIpc) is 2.08. The molecular formula is C11H14BrN. The van der Waals surface area contributed by atoms with Gasteiger partial charge in [-0.1, -0.05) is 28.1 Å². The van der Waals surface area contributed by atoms with E-state index in [4.69, 9.17) is 0 Å². The minimum atomic E-state index is 1.14. The topological polar surface area (TPSA) is 3.24 Å². The molecule has 0 aliphatic heterocycles. The number of benzene rings is 1. The van der Waals surface area contributed by atoms with Crippen molar-refractivity contribution in [3.05, 3.63) is 34.3 Å². The highest BCUT2D eigenvalue weighted by Crippen LogP contribution is 2.23. The molecule has 0 bridgehead atoms. The molecule has 70 valence electrons. The lowest BCUT2D eigenvalue weighted by Crippen LogP contribution is -2.08. The predicted octanol–water partition coefficient (Wildman–Crippen LogP) is 3.55. The first-order valence-electron chi connectivity index (χ1n) is 4.24. The Labute approximate surface area is 88.2 Å². The number of anilines is 1. The Morgan fingerprint density at radius 1 is 1.31 bits per heavy atom. The van der Waals surface area contributed by atoms with Gasteiger partial charge in [0.25, 0.3) is 0 Å². The molecule has 0 amide bonds. The minimum absolute atomic E-state index is 1.14. The Bertz CT molecular complexity index is 316. The van der Waals surface area contributed by atoms with Gasteiger partial charge in [0.05, 0.1) is 0 Å². The standard InChI is InChI=1S/C11H14BrN/c1-4-5-9-8-10(13(2)3)6-7-11(9)12/h4-8H,1-3H3. The second-order valence-corrected chi connectivity index (χ2v) is 3.95. The third-order valence-electron chi connectivity index (χ3n) is 1.84. The van der Waals surface area contributed by atoms with E-state index in [2.05, 4.69) is 45.1 Å². The van der Waals surface area contributed by atoms with Crippen molar-refractivity contribution in [2.24, 2.45) is 0 Å². The second-order valence-electron chi connectivity index (χ2n) is 3.10. The number of nitrogens with zero attached hydrogens (tertiary/aromatic N) is 1. The van der Waals surface area contributed by atoms with Crippen LogP contribution in [0.4, 0.5) is 5.69 Å². The van der Waals surface area contributed by atoms with Crippen LogP contribution in [0.15, 0.2) is 28.7 Å². The normalized spacial score (nSPS) is 10.8. The Kier molecular flexibility index (Phi) is 3.55. The number of hydrogen-bond acceptors (Lipinski definition) is 1. The third-order valence-corrected chi connectivity index (χ3v) is 2.56. The molecule has 13 heavy (non-hydrogen) atoms. The van der Waals surface area contributed by atoms with Crippen molar-refractivity contribution in [1.82, 2.24) is 0 Å². The molecule has 0 N–H and O–H groups in total. The molecule has 0 spiro atoms. The summed E-state index contributed by atoms with van der Waals surface area (Å²) in [5.74, 6) is 0. The van der Waals surface area contributed by atoms with Gasteiger partial charge in [-0.3, -0.25) is 0 Å². The van der Waals surface area contributed by atoms with Crippen molar-refractivity contribution in [2.45, 2.75) is 6.92 Å². The average molecular weight is 240 g/mol. The number of rotatable bonds is 2. The van der Waals surface area contributed by atoms with Gasteiger partial charge in [0, 0.05) is 24.3 Å². The van der Waals surface area contributed by atoms with Crippen molar-refractivity contribution in [3.63, 3.8) is 0 Å². The molecular weight excluding hydrogens is 226 g/mol. The number of halogens is 1. The van der Waals surface area contributed by atoms with Gasteiger partial charge < -0.3 is 4.90 Å². The van der Waals surface area contributed by atoms with Crippen LogP contribution in [0.25, 0.3) is 6.08 Å². The highest BCUT2D eigenvalue weighted by atomic mass is 79.9. The Hall–Kier alpha value is -0.760. The summed E-state index contributed by atoms with van der Waals surface area (Å²) in [5, 5.41) is 0. The van der Waals surface area contributed by atoms with E-state index in [0.29, 0.717) is 0 Å². The summed E-state index contributed by atoms with van der Waals surface area (Å²) < 4.78 is 1.14. The van der Waals surface area contributed by atoms with Crippen LogP contribution in [-0.2, 0) is 0 Å². The van der Waals surface area contributed by atoms with Gasteiger partial charge in [0.15, 0.2) is 0 Å². The molecule has 0 radical (unpaired) electrons. The lowest BCUT2D eigenvalue weighted by molar-refractivity contribution is 1.13. The van der Waals surface area contributed by atoms with Gasteiger partial charge in [-0.15, -0.1) is 0 Å². The fourth-order valence-electron chi connectivity index (χ4n) is 1.12. The first-order chi connectivity index (χ1) is 6.15. The summed E-state index contributed by atoms with van der Waals surface area (Å²) in [5.41, 5.74) is 2.44. The van der Waals surface area contributed by atoms with Crippen molar-refractivity contribution in [1.29, 1.82) is 0 Å². The lowest BCUT2D eigenvalue weighted by atomic mass is 10.2. The van der Waals surface area contributed by atoms with Crippen LogP contribution in [0.1, 0.15) is 12.5 Å². The van der Waals surface area contributed by atoms with Crippen molar-refractivity contribution < 1.29 is 0 Å². The zero-order valence-corrected chi connectivity index (χ0v) is 9.80. The van der Waals surface area contributed by atoms with Crippen molar-refractivity contribution in [3.8, 4) is 0 Å². The summed E-state index contributed by atoms with van der Waals surface area (Å²) in [6.07, 6.45) is 4.14. The third kappa shape index (κ3) is 2.59. The molecule has 0 saturated heterocycles. The maximum Gasteiger partial charge on any atom is 0.0367 e. The summed E-state index contributed by atoms with van der Waals surface area (Å²) in [4.78, 5) is 2.10. The van der Waals surface area contributed by atoms with Crippen LogP contribution in [0.2, 0.25) is 0 Å². The Morgan fingerprint density at radius 2 is 2.00 bits per heavy atom. The predicted molar refractivity (Wildman–Crippen MR) is 63.2 cm³/mol. The molecule has 1 aromatic carbocycles. The molecule has 0 aliphatic carbocycles. The van der Waals surface area contributed by atoms with Crippen LogP contribution in [0.3, 0.4) is 0 Å². The van der Waals surface area contributed by atoms with Gasteiger partial charge in [0.1, 0.15) is 0 Å². The molecule has 0 saturated carbocycles. The van der Waals surface area contributed by atoms with E-state index in [1.54, 1.807) is 0 Å². The van der Waals surface area contributed by atoms with E-state index in [1.807, 2.05) is 27.1 Å². The van der Waals surface area contributed by atoms with E-state index >= 15 is 0 Å². The Balaban J connectivity index is 3.11. The quantitative estimate of drug-likeness (QED) is 0.764. The first-order valence-corrected chi connectivity index (χ1v) is 5.04. The lowest BCUT2D eigenvalue weighted by Gasteiger charge is -2.13. The van der Waals surface area contributed by atoms with E-state index in [0.717, 1.165) is 4.47 Å². The van der Waals surface area contributed by atoms with E-state index in [1.165, 1.54) is 11.3 Å². The molecule has 1 aromatic rings. The smallest absolute Gasteiger partial charge is 0.0367 e. The van der Waals surface area contributed by atoms with Gasteiger partial charge in [-0.25, -0.2) is 0 Å². The molecule has 2 heteroatoms.